The summed E-state index contributed by atoms with van der Waals surface area (Å²) in [6.45, 7) is 9.38. The summed E-state index contributed by atoms with van der Waals surface area (Å²) in [6, 6.07) is 5.81. The molecule has 3 heterocycles. The van der Waals surface area contributed by atoms with Crippen molar-refractivity contribution in [3.63, 3.8) is 0 Å². The Hall–Kier alpha value is -3.75. The molecule has 0 amide bonds. The number of aromatic nitrogens is 3. The molecule has 0 atom stereocenters. The Labute approximate surface area is 188 Å². The maximum atomic E-state index is 6.75. The number of fused-ring (bicyclic) bond motifs is 1. The fourth-order valence-electron chi connectivity index (χ4n) is 3.96. The smallest absolute Gasteiger partial charge is 0.205 e. The van der Waals surface area contributed by atoms with E-state index in [1.165, 1.54) is 0 Å². The van der Waals surface area contributed by atoms with E-state index in [0.717, 1.165) is 40.6 Å². The van der Waals surface area contributed by atoms with Gasteiger partial charge in [-0.15, -0.1) is 10.2 Å². The number of aryl methyl sites for hydroxylation is 1. The van der Waals surface area contributed by atoms with Gasteiger partial charge < -0.3 is 25.7 Å². The number of rotatable bonds is 4. The van der Waals surface area contributed by atoms with Gasteiger partial charge in [0.1, 0.15) is 17.9 Å². The third kappa shape index (κ3) is 3.70. The van der Waals surface area contributed by atoms with Gasteiger partial charge >= 0.3 is 0 Å². The fourth-order valence-corrected chi connectivity index (χ4v) is 3.96. The highest BCUT2D eigenvalue weighted by Gasteiger charge is 2.33. The van der Waals surface area contributed by atoms with Crippen molar-refractivity contribution in [2.24, 2.45) is 28.9 Å². The van der Waals surface area contributed by atoms with Gasteiger partial charge in [0.2, 0.25) is 5.96 Å². The zero-order chi connectivity index (χ0) is 23.2. The number of guanidine groups is 1. The maximum absolute atomic E-state index is 6.75. The van der Waals surface area contributed by atoms with Crippen LogP contribution in [0, 0.1) is 5.41 Å². The number of aliphatic imine (C=N–C) groups is 1. The van der Waals surface area contributed by atoms with Gasteiger partial charge in [-0.05, 0) is 36.6 Å². The van der Waals surface area contributed by atoms with Crippen molar-refractivity contribution in [1.29, 1.82) is 0 Å². The summed E-state index contributed by atoms with van der Waals surface area (Å²) in [7, 11) is 3.52. The molecule has 0 bridgehead atoms. The minimum atomic E-state index is 0.0517. The first-order chi connectivity index (χ1) is 15.1. The van der Waals surface area contributed by atoms with Crippen molar-refractivity contribution >= 4 is 11.6 Å². The lowest BCUT2D eigenvalue weighted by atomic mass is 9.94. The van der Waals surface area contributed by atoms with Crippen LogP contribution in [0.4, 0.5) is 5.69 Å². The van der Waals surface area contributed by atoms with Gasteiger partial charge in [-0.1, -0.05) is 20.8 Å². The van der Waals surface area contributed by atoms with E-state index in [9.17, 15) is 0 Å². The zero-order valence-corrected chi connectivity index (χ0v) is 19.4. The molecule has 9 heteroatoms. The Kier molecular flexibility index (Phi) is 5.20. The quantitative estimate of drug-likeness (QED) is 0.761. The summed E-state index contributed by atoms with van der Waals surface area (Å²) in [6.07, 6.45) is 5.50. The monoisotopic (exact) mass is 434 g/mol. The summed E-state index contributed by atoms with van der Waals surface area (Å²) in [4.78, 5) is 8.40. The third-order valence-corrected chi connectivity index (χ3v) is 5.41. The molecule has 0 saturated carbocycles. The van der Waals surface area contributed by atoms with E-state index >= 15 is 0 Å². The second kappa shape index (κ2) is 7.74. The molecule has 0 fully saturated rings. The molecule has 0 aliphatic carbocycles. The highest BCUT2D eigenvalue weighted by Crippen LogP contribution is 2.40. The summed E-state index contributed by atoms with van der Waals surface area (Å²) >= 11 is 0. The second-order valence-corrected chi connectivity index (χ2v) is 9.23. The molecule has 1 aromatic heterocycles. The van der Waals surface area contributed by atoms with Gasteiger partial charge in [0.25, 0.3) is 0 Å². The summed E-state index contributed by atoms with van der Waals surface area (Å²) < 4.78 is 7.60. The van der Waals surface area contributed by atoms with Gasteiger partial charge in [-0.25, -0.2) is 4.99 Å². The molecule has 2 aliphatic heterocycles. The standard InChI is InChI=1S/C23H30N8O/c1-14-9-16-11-26-22(25)31(19(16)20(24)30(14)12-23(2,3)4)17-8-7-15(10-18(17)32-6)21-28-27-13-29(21)5/h7-11,13H,12,24H2,1-6H3,(H2,25,26). The van der Waals surface area contributed by atoms with E-state index in [0.29, 0.717) is 17.5 Å². The van der Waals surface area contributed by atoms with Crippen LogP contribution in [0.25, 0.3) is 11.4 Å². The van der Waals surface area contributed by atoms with Crippen LogP contribution < -0.4 is 21.1 Å². The Balaban J connectivity index is 1.83. The summed E-state index contributed by atoms with van der Waals surface area (Å²) in [5.74, 6) is 2.31. The number of nitrogens with two attached hydrogens (primary N) is 2. The highest BCUT2D eigenvalue weighted by molar-refractivity contribution is 6.02. The van der Waals surface area contributed by atoms with Crippen LogP contribution in [0.2, 0.25) is 0 Å². The number of anilines is 1. The van der Waals surface area contributed by atoms with Gasteiger partial charge in [0, 0.05) is 36.6 Å². The second-order valence-electron chi connectivity index (χ2n) is 9.23. The van der Waals surface area contributed by atoms with E-state index in [2.05, 4.69) is 53.9 Å². The molecule has 168 valence electrons. The first kappa shape index (κ1) is 21.5. The Morgan fingerprint density at radius 3 is 2.53 bits per heavy atom. The van der Waals surface area contributed by atoms with Crippen molar-refractivity contribution in [1.82, 2.24) is 19.7 Å². The molecule has 32 heavy (non-hydrogen) atoms. The molecular weight excluding hydrogens is 404 g/mol. The average molecular weight is 435 g/mol. The van der Waals surface area contributed by atoms with Crippen molar-refractivity contribution < 1.29 is 4.74 Å². The third-order valence-electron chi connectivity index (χ3n) is 5.41. The van der Waals surface area contributed by atoms with E-state index in [-0.39, 0.29) is 5.41 Å². The predicted octanol–water partition coefficient (Wildman–Crippen LogP) is 2.90. The predicted molar refractivity (Wildman–Crippen MR) is 126 cm³/mol. The van der Waals surface area contributed by atoms with Crippen LogP contribution in [-0.4, -0.2) is 39.3 Å². The van der Waals surface area contributed by atoms with Crippen LogP contribution in [0.3, 0.4) is 0 Å². The van der Waals surface area contributed by atoms with Crippen LogP contribution in [-0.2, 0) is 7.05 Å². The van der Waals surface area contributed by atoms with Crippen molar-refractivity contribution in [3.05, 3.63) is 59.6 Å². The molecule has 4 N–H and O–H groups in total. The van der Waals surface area contributed by atoms with Crippen LogP contribution in [0.15, 0.2) is 64.6 Å². The van der Waals surface area contributed by atoms with Gasteiger partial charge in [0.15, 0.2) is 5.82 Å². The van der Waals surface area contributed by atoms with E-state index < -0.39 is 0 Å². The van der Waals surface area contributed by atoms with E-state index in [4.69, 9.17) is 16.2 Å². The SMILES string of the molecule is COc1cc(-c2nncn2C)ccc1N1C(N)=NC=C2C=C(C)N(CC(C)(C)C)C(N)=C21. The number of ether oxygens (including phenoxy) is 1. The van der Waals surface area contributed by atoms with Crippen molar-refractivity contribution in [3.8, 4) is 17.1 Å². The minimum Gasteiger partial charge on any atom is -0.495 e. The number of hydrogen-bond acceptors (Lipinski definition) is 8. The average Bonchev–Trinajstić information content (AvgIpc) is 3.16. The zero-order valence-electron chi connectivity index (χ0n) is 19.4. The molecule has 0 saturated heterocycles. The van der Waals surface area contributed by atoms with Crippen LogP contribution >= 0.6 is 0 Å². The van der Waals surface area contributed by atoms with E-state index in [1.54, 1.807) is 19.6 Å². The topological polar surface area (TPSA) is 111 Å². The number of benzene rings is 1. The Morgan fingerprint density at radius 1 is 1.16 bits per heavy atom. The number of hydrogen-bond donors (Lipinski definition) is 2. The van der Waals surface area contributed by atoms with E-state index in [1.807, 2.05) is 34.7 Å². The van der Waals surface area contributed by atoms with Gasteiger partial charge in [-0.3, -0.25) is 4.90 Å². The van der Waals surface area contributed by atoms with Crippen LogP contribution in [0.1, 0.15) is 27.7 Å². The number of methoxy groups -OCH3 is 1. The van der Waals surface area contributed by atoms with Gasteiger partial charge in [-0.2, -0.15) is 0 Å². The summed E-state index contributed by atoms with van der Waals surface area (Å²) in [5.41, 5.74) is 17.6. The van der Waals surface area contributed by atoms with Crippen LogP contribution in [0.5, 0.6) is 5.75 Å². The lowest BCUT2D eigenvalue weighted by Gasteiger charge is -2.40. The lowest BCUT2D eigenvalue weighted by Crippen LogP contribution is -2.45. The minimum absolute atomic E-state index is 0.0517. The molecule has 1 aromatic carbocycles. The Morgan fingerprint density at radius 2 is 1.91 bits per heavy atom. The summed E-state index contributed by atoms with van der Waals surface area (Å²) in [5, 5.41) is 8.16. The van der Waals surface area contributed by atoms with Crippen molar-refractivity contribution in [2.45, 2.75) is 27.7 Å². The maximum Gasteiger partial charge on any atom is 0.205 e. The molecule has 2 aliphatic rings. The van der Waals surface area contributed by atoms with Gasteiger partial charge in [0.05, 0.1) is 18.5 Å². The Bertz CT molecular complexity index is 1180. The number of nitrogens with zero attached hydrogens (tertiary/aromatic N) is 6. The molecule has 4 rings (SSSR count). The molecule has 0 spiro atoms. The molecular formula is C23H30N8O. The molecule has 2 aromatic rings. The van der Waals surface area contributed by atoms with Crippen molar-refractivity contribution in [2.75, 3.05) is 18.6 Å². The molecule has 9 nitrogen and oxygen atoms in total. The first-order valence-corrected chi connectivity index (χ1v) is 10.4. The number of allylic oxidation sites excluding steroid dienone is 2. The lowest BCUT2D eigenvalue weighted by molar-refractivity contribution is 0.269. The normalized spacial score (nSPS) is 16.5. The molecule has 0 unspecified atom stereocenters. The fraction of sp³-hybridized carbons (Fsp3) is 0.348. The highest BCUT2D eigenvalue weighted by atomic mass is 16.5. The first-order valence-electron chi connectivity index (χ1n) is 10.4. The molecule has 0 radical (unpaired) electrons. The largest absolute Gasteiger partial charge is 0.495 e.